The first kappa shape index (κ1) is 19.9. The highest BCUT2D eigenvalue weighted by atomic mass is 35.5. The SMILES string of the molecule is O=c1c2cc(Cl)ccc2ncn1CC(O)COc1ccc(Oc2ccccc2)cc1. The maximum atomic E-state index is 12.6. The standard InChI is InChI=1S/C23H19ClN2O4/c24-16-6-11-22-21(12-16)23(28)26(15-25-22)13-17(27)14-29-18-7-9-20(10-8-18)30-19-4-2-1-3-5-19/h1-12,15,17,27H,13-14H2. The number of hydrogen-bond acceptors (Lipinski definition) is 5. The molecule has 0 aliphatic carbocycles. The normalized spacial score (nSPS) is 11.9. The minimum absolute atomic E-state index is 0.0267. The van der Waals surface area contributed by atoms with Crippen LogP contribution >= 0.6 is 11.6 Å². The summed E-state index contributed by atoms with van der Waals surface area (Å²) >= 11 is 5.97. The molecule has 1 heterocycles. The fourth-order valence-corrected chi connectivity index (χ4v) is 3.13. The van der Waals surface area contributed by atoms with E-state index in [4.69, 9.17) is 21.1 Å². The lowest BCUT2D eigenvalue weighted by Gasteiger charge is -2.14. The molecule has 0 aliphatic rings. The molecule has 4 rings (SSSR count). The molecule has 0 amide bonds. The highest BCUT2D eigenvalue weighted by molar-refractivity contribution is 6.31. The number of nitrogens with zero attached hydrogens (tertiary/aromatic N) is 2. The second-order valence-electron chi connectivity index (χ2n) is 6.71. The number of rotatable bonds is 7. The van der Waals surface area contributed by atoms with Crippen LogP contribution in [-0.4, -0.2) is 27.4 Å². The monoisotopic (exact) mass is 422 g/mol. The van der Waals surface area contributed by atoms with Gasteiger partial charge in [0.2, 0.25) is 0 Å². The number of aromatic nitrogens is 2. The molecule has 1 atom stereocenters. The third kappa shape index (κ3) is 4.79. The van der Waals surface area contributed by atoms with Gasteiger partial charge in [0.05, 0.1) is 23.8 Å². The zero-order valence-electron chi connectivity index (χ0n) is 15.9. The second kappa shape index (κ2) is 8.98. The molecule has 7 heteroatoms. The minimum atomic E-state index is -0.888. The lowest BCUT2D eigenvalue weighted by molar-refractivity contribution is 0.0914. The van der Waals surface area contributed by atoms with Gasteiger partial charge in [0.15, 0.2) is 0 Å². The summed E-state index contributed by atoms with van der Waals surface area (Å²) in [5.74, 6) is 2.02. The number of ether oxygens (including phenoxy) is 2. The van der Waals surface area contributed by atoms with Crippen LogP contribution in [0, 0.1) is 0 Å². The number of hydrogen-bond donors (Lipinski definition) is 1. The summed E-state index contributed by atoms with van der Waals surface area (Å²) in [5.41, 5.74) is 0.299. The average molecular weight is 423 g/mol. The molecule has 0 bridgehead atoms. The molecule has 0 saturated heterocycles. The molecule has 0 aliphatic heterocycles. The van der Waals surface area contributed by atoms with Gasteiger partial charge in [-0.15, -0.1) is 0 Å². The summed E-state index contributed by atoms with van der Waals surface area (Å²) in [6, 6.07) is 21.5. The Hall–Kier alpha value is -3.35. The van der Waals surface area contributed by atoms with Gasteiger partial charge in [-0.25, -0.2) is 4.98 Å². The maximum absolute atomic E-state index is 12.6. The molecule has 1 unspecified atom stereocenters. The van der Waals surface area contributed by atoms with E-state index in [2.05, 4.69) is 4.98 Å². The lowest BCUT2D eigenvalue weighted by atomic mass is 10.2. The number of para-hydroxylation sites is 1. The van der Waals surface area contributed by atoms with Gasteiger partial charge in [0.1, 0.15) is 30.0 Å². The predicted octanol–water partition coefficient (Wildman–Crippen LogP) is 4.28. The molecule has 1 aromatic heterocycles. The maximum Gasteiger partial charge on any atom is 0.261 e. The number of aliphatic hydroxyl groups is 1. The highest BCUT2D eigenvalue weighted by Crippen LogP contribution is 2.23. The Bertz CT molecular complexity index is 1190. The molecule has 0 saturated carbocycles. The number of halogens is 1. The topological polar surface area (TPSA) is 73.6 Å². The largest absolute Gasteiger partial charge is 0.491 e. The van der Waals surface area contributed by atoms with Crippen molar-refractivity contribution in [1.29, 1.82) is 0 Å². The zero-order chi connectivity index (χ0) is 20.9. The van der Waals surface area contributed by atoms with Crippen LogP contribution in [0.3, 0.4) is 0 Å². The van der Waals surface area contributed by atoms with Crippen LogP contribution in [0.15, 0.2) is 83.9 Å². The zero-order valence-corrected chi connectivity index (χ0v) is 16.7. The van der Waals surface area contributed by atoms with E-state index in [1.165, 1.54) is 10.9 Å². The molecule has 4 aromatic rings. The first-order valence-corrected chi connectivity index (χ1v) is 9.75. The Morgan fingerprint density at radius 3 is 2.43 bits per heavy atom. The first-order valence-electron chi connectivity index (χ1n) is 9.37. The molecule has 6 nitrogen and oxygen atoms in total. The Morgan fingerprint density at radius 1 is 0.967 bits per heavy atom. The van der Waals surface area contributed by atoms with E-state index < -0.39 is 6.10 Å². The average Bonchev–Trinajstić information content (AvgIpc) is 2.76. The molecule has 30 heavy (non-hydrogen) atoms. The van der Waals surface area contributed by atoms with Crippen molar-refractivity contribution in [2.45, 2.75) is 12.6 Å². The van der Waals surface area contributed by atoms with Crippen LogP contribution in [0.5, 0.6) is 17.2 Å². The molecule has 0 fully saturated rings. The van der Waals surface area contributed by atoms with Gasteiger partial charge in [0, 0.05) is 5.02 Å². The highest BCUT2D eigenvalue weighted by Gasteiger charge is 2.11. The predicted molar refractivity (Wildman–Crippen MR) is 115 cm³/mol. The number of fused-ring (bicyclic) bond motifs is 1. The minimum Gasteiger partial charge on any atom is -0.491 e. The van der Waals surface area contributed by atoms with Crippen LogP contribution < -0.4 is 15.0 Å². The Balaban J connectivity index is 1.36. The smallest absolute Gasteiger partial charge is 0.261 e. The summed E-state index contributed by atoms with van der Waals surface area (Å²) in [6.45, 7) is 0.0857. The van der Waals surface area contributed by atoms with E-state index in [1.54, 1.807) is 42.5 Å². The fraction of sp³-hybridized carbons (Fsp3) is 0.130. The first-order chi connectivity index (χ1) is 14.6. The third-order valence-electron chi connectivity index (χ3n) is 4.44. The van der Waals surface area contributed by atoms with Crippen LogP contribution in [0.4, 0.5) is 0 Å². The van der Waals surface area contributed by atoms with Crippen molar-refractivity contribution >= 4 is 22.5 Å². The van der Waals surface area contributed by atoms with Gasteiger partial charge < -0.3 is 14.6 Å². The Labute approximate surface area is 177 Å². The van der Waals surface area contributed by atoms with E-state index in [9.17, 15) is 9.90 Å². The molecule has 3 aromatic carbocycles. The summed E-state index contributed by atoms with van der Waals surface area (Å²) in [4.78, 5) is 16.8. The van der Waals surface area contributed by atoms with Gasteiger partial charge in [-0.3, -0.25) is 9.36 Å². The van der Waals surface area contributed by atoms with Gasteiger partial charge in [0.25, 0.3) is 5.56 Å². The quantitative estimate of drug-likeness (QED) is 0.481. The van der Waals surface area contributed by atoms with Crippen molar-refractivity contribution in [3.63, 3.8) is 0 Å². The molecular weight excluding hydrogens is 404 g/mol. The van der Waals surface area contributed by atoms with Crippen LogP contribution in [-0.2, 0) is 6.54 Å². The lowest BCUT2D eigenvalue weighted by Crippen LogP contribution is -2.30. The van der Waals surface area contributed by atoms with Crippen molar-refractivity contribution in [2.24, 2.45) is 0 Å². The van der Waals surface area contributed by atoms with E-state index in [-0.39, 0.29) is 18.7 Å². The van der Waals surface area contributed by atoms with Crippen molar-refractivity contribution in [1.82, 2.24) is 9.55 Å². The van der Waals surface area contributed by atoms with Crippen LogP contribution in [0.25, 0.3) is 10.9 Å². The van der Waals surface area contributed by atoms with Gasteiger partial charge >= 0.3 is 0 Å². The van der Waals surface area contributed by atoms with Gasteiger partial charge in [-0.2, -0.15) is 0 Å². The molecule has 152 valence electrons. The summed E-state index contributed by atoms with van der Waals surface area (Å²) in [5, 5.41) is 11.2. The Kier molecular flexibility index (Phi) is 5.97. The van der Waals surface area contributed by atoms with Crippen molar-refractivity contribution in [2.75, 3.05) is 6.61 Å². The summed E-state index contributed by atoms with van der Waals surface area (Å²) in [6.07, 6.45) is 0.527. The number of aliphatic hydroxyl groups excluding tert-OH is 1. The summed E-state index contributed by atoms with van der Waals surface area (Å²) < 4.78 is 12.7. The van der Waals surface area contributed by atoms with Gasteiger partial charge in [-0.05, 0) is 54.6 Å². The molecule has 0 radical (unpaired) electrons. The van der Waals surface area contributed by atoms with E-state index >= 15 is 0 Å². The summed E-state index contributed by atoms with van der Waals surface area (Å²) in [7, 11) is 0. The van der Waals surface area contributed by atoms with Gasteiger partial charge in [-0.1, -0.05) is 29.8 Å². The van der Waals surface area contributed by atoms with E-state index in [0.717, 1.165) is 5.75 Å². The van der Waals surface area contributed by atoms with Crippen LogP contribution in [0.1, 0.15) is 0 Å². The van der Waals surface area contributed by atoms with Crippen LogP contribution in [0.2, 0.25) is 5.02 Å². The van der Waals surface area contributed by atoms with Crippen molar-refractivity contribution in [3.05, 3.63) is 94.5 Å². The number of benzene rings is 3. The van der Waals surface area contributed by atoms with E-state index in [0.29, 0.717) is 27.4 Å². The van der Waals surface area contributed by atoms with Crippen molar-refractivity contribution in [3.8, 4) is 17.2 Å². The Morgan fingerprint density at radius 2 is 1.67 bits per heavy atom. The molecular formula is C23H19ClN2O4. The second-order valence-corrected chi connectivity index (χ2v) is 7.15. The van der Waals surface area contributed by atoms with E-state index in [1.807, 2.05) is 30.3 Å². The molecule has 0 spiro atoms. The fourth-order valence-electron chi connectivity index (χ4n) is 2.96. The van der Waals surface area contributed by atoms with Crippen molar-refractivity contribution < 1.29 is 14.6 Å². The third-order valence-corrected chi connectivity index (χ3v) is 4.67. The molecule has 1 N–H and O–H groups in total.